The number of nitrogens with zero attached hydrogens (tertiary/aromatic N) is 2. The molecular weight excluding hydrogens is 310 g/mol. The molecule has 24 heavy (non-hydrogen) atoms. The minimum absolute atomic E-state index is 0.0736. The molecule has 0 aromatic carbocycles. The van der Waals surface area contributed by atoms with Gasteiger partial charge in [-0.3, -0.25) is 9.69 Å². The number of halogens is 2. The fraction of sp³-hybridized carbons (Fsp3) is 0.632. The van der Waals surface area contributed by atoms with Crippen molar-refractivity contribution in [3.05, 3.63) is 32.0 Å². The van der Waals surface area contributed by atoms with Crippen molar-refractivity contribution in [2.45, 2.75) is 52.1 Å². The summed E-state index contributed by atoms with van der Waals surface area (Å²) in [7, 11) is 0. The van der Waals surface area contributed by atoms with Gasteiger partial charge in [-0.15, -0.1) is 0 Å². The van der Waals surface area contributed by atoms with E-state index in [0.29, 0.717) is 30.5 Å². The number of rotatable bonds is 3. The lowest BCUT2D eigenvalue weighted by Crippen LogP contribution is -2.50. The second-order valence-corrected chi connectivity index (χ2v) is 7.88. The zero-order chi connectivity index (χ0) is 17.2. The van der Waals surface area contributed by atoms with Gasteiger partial charge >= 0.3 is 0 Å². The molecule has 2 unspecified atom stereocenters. The van der Waals surface area contributed by atoms with Crippen molar-refractivity contribution in [1.82, 2.24) is 9.47 Å². The summed E-state index contributed by atoms with van der Waals surface area (Å²) in [5.74, 6) is -1.53. The Bertz CT molecular complexity index is 869. The highest BCUT2D eigenvalue weighted by molar-refractivity contribution is 5.49. The summed E-state index contributed by atoms with van der Waals surface area (Å²) in [4.78, 5) is 14.6. The molecule has 0 amide bonds. The lowest BCUT2D eigenvalue weighted by atomic mass is 10.1. The Labute approximate surface area is 140 Å². The average Bonchev–Trinajstić information content (AvgIpc) is 3.18. The van der Waals surface area contributed by atoms with Crippen LogP contribution >= 0.6 is 0 Å². The zero-order valence-corrected chi connectivity index (χ0v) is 14.5. The molecule has 0 bridgehead atoms. The molecule has 0 radical (unpaired) electrons. The molecule has 3 nitrogen and oxygen atoms in total. The van der Waals surface area contributed by atoms with Crippen molar-refractivity contribution in [2.24, 2.45) is 11.8 Å². The van der Waals surface area contributed by atoms with E-state index >= 15 is 0 Å². The molecule has 0 spiro atoms. The molecule has 2 aliphatic carbocycles. The van der Waals surface area contributed by atoms with Crippen molar-refractivity contribution in [2.75, 3.05) is 13.1 Å². The fourth-order valence-electron chi connectivity index (χ4n) is 4.21. The van der Waals surface area contributed by atoms with Gasteiger partial charge in [-0.05, 0) is 39.0 Å². The van der Waals surface area contributed by atoms with Crippen LogP contribution < -0.4 is 16.0 Å². The molecule has 2 heterocycles. The maximum Gasteiger partial charge on any atom is 0.261 e. The second-order valence-electron chi connectivity index (χ2n) is 7.88. The van der Waals surface area contributed by atoms with Gasteiger partial charge < -0.3 is 4.57 Å². The highest BCUT2D eigenvalue weighted by Crippen LogP contribution is 2.41. The number of likely N-dealkylation sites (tertiary alicyclic amines) is 1. The SMILES string of the molecule is Cc1c(CN2CCC(F)(F)C2)n(C(C)C)c2c(c1=O)=CC1CC1C=2. The van der Waals surface area contributed by atoms with Gasteiger partial charge in [0.2, 0.25) is 0 Å². The molecule has 3 aliphatic rings. The van der Waals surface area contributed by atoms with Gasteiger partial charge in [-0.25, -0.2) is 8.78 Å². The lowest BCUT2D eigenvalue weighted by molar-refractivity contribution is 0.0112. The zero-order valence-electron chi connectivity index (χ0n) is 14.5. The van der Waals surface area contributed by atoms with Crippen LogP contribution in [0.4, 0.5) is 8.78 Å². The van der Waals surface area contributed by atoms with E-state index in [4.69, 9.17) is 0 Å². The van der Waals surface area contributed by atoms with E-state index in [9.17, 15) is 13.6 Å². The van der Waals surface area contributed by atoms with Gasteiger partial charge in [0.05, 0.1) is 6.54 Å². The Kier molecular flexibility index (Phi) is 3.50. The molecular formula is C19H24F2N2O. The van der Waals surface area contributed by atoms with Crippen LogP contribution in [0.1, 0.15) is 44.0 Å². The van der Waals surface area contributed by atoms with Crippen LogP contribution in [-0.2, 0) is 6.54 Å². The van der Waals surface area contributed by atoms with Gasteiger partial charge in [0.25, 0.3) is 5.92 Å². The van der Waals surface area contributed by atoms with E-state index in [1.54, 1.807) is 4.90 Å². The number of alkyl halides is 2. The Balaban J connectivity index is 1.86. The maximum absolute atomic E-state index is 13.5. The van der Waals surface area contributed by atoms with Crippen molar-refractivity contribution in [3.63, 3.8) is 0 Å². The van der Waals surface area contributed by atoms with E-state index in [1.807, 2.05) is 6.92 Å². The molecule has 130 valence electrons. The van der Waals surface area contributed by atoms with Crippen LogP contribution in [-0.4, -0.2) is 28.5 Å². The third-order valence-corrected chi connectivity index (χ3v) is 5.63. The van der Waals surface area contributed by atoms with Crippen molar-refractivity contribution >= 4 is 12.2 Å². The van der Waals surface area contributed by atoms with Gasteiger partial charge in [0, 0.05) is 47.4 Å². The molecule has 1 aliphatic heterocycles. The predicted octanol–water partition coefficient (Wildman–Crippen LogP) is 1.79. The quantitative estimate of drug-likeness (QED) is 0.842. The van der Waals surface area contributed by atoms with Gasteiger partial charge in [0.1, 0.15) is 0 Å². The van der Waals surface area contributed by atoms with Crippen molar-refractivity contribution < 1.29 is 8.78 Å². The molecule has 5 heteroatoms. The fourth-order valence-corrected chi connectivity index (χ4v) is 4.21. The largest absolute Gasteiger partial charge is 0.341 e. The summed E-state index contributed by atoms with van der Waals surface area (Å²) >= 11 is 0. The Morgan fingerprint density at radius 1 is 1.29 bits per heavy atom. The van der Waals surface area contributed by atoms with E-state index in [-0.39, 0.29) is 24.4 Å². The van der Waals surface area contributed by atoms with Gasteiger partial charge in [-0.1, -0.05) is 12.2 Å². The van der Waals surface area contributed by atoms with Gasteiger partial charge in [-0.2, -0.15) is 0 Å². The first-order valence-electron chi connectivity index (χ1n) is 8.85. The first-order chi connectivity index (χ1) is 11.3. The number of pyridine rings is 1. The molecule has 4 rings (SSSR count). The minimum atomic E-state index is -2.60. The average molecular weight is 334 g/mol. The Morgan fingerprint density at radius 3 is 2.62 bits per heavy atom. The Morgan fingerprint density at radius 2 is 2.00 bits per heavy atom. The molecule has 2 atom stereocenters. The summed E-state index contributed by atoms with van der Waals surface area (Å²) in [6.07, 6.45) is 5.39. The van der Waals surface area contributed by atoms with Crippen LogP contribution in [0.2, 0.25) is 0 Å². The summed E-state index contributed by atoms with van der Waals surface area (Å²) in [5.41, 5.74) is 1.68. The first kappa shape index (κ1) is 16.0. The van der Waals surface area contributed by atoms with E-state index in [0.717, 1.165) is 22.7 Å². The van der Waals surface area contributed by atoms with Gasteiger partial charge in [0.15, 0.2) is 5.43 Å². The number of aromatic nitrogens is 1. The minimum Gasteiger partial charge on any atom is -0.341 e. The predicted molar refractivity (Wildman–Crippen MR) is 90.4 cm³/mol. The molecule has 2 fully saturated rings. The topological polar surface area (TPSA) is 25.2 Å². The number of hydrogen-bond donors (Lipinski definition) is 0. The van der Waals surface area contributed by atoms with Crippen LogP contribution in [0.3, 0.4) is 0 Å². The third-order valence-electron chi connectivity index (χ3n) is 5.63. The van der Waals surface area contributed by atoms with Crippen molar-refractivity contribution in [1.29, 1.82) is 0 Å². The molecule has 1 aromatic heterocycles. The second kappa shape index (κ2) is 5.25. The lowest BCUT2D eigenvalue weighted by Gasteiger charge is -2.25. The smallest absolute Gasteiger partial charge is 0.261 e. The van der Waals surface area contributed by atoms with Crippen LogP contribution in [0, 0.1) is 18.8 Å². The third kappa shape index (κ3) is 2.53. The molecule has 0 N–H and O–H groups in total. The van der Waals surface area contributed by atoms with Crippen LogP contribution in [0.15, 0.2) is 4.79 Å². The number of hydrogen-bond acceptors (Lipinski definition) is 2. The monoisotopic (exact) mass is 334 g/mol. The standard InChI is InChI=1S/C19H24F2N2O/c1-11(2)23-16-8-14-6-13(14)7-15(16)18(24)12(3)17(23)9-22-5-4-19(20,21)10-22/h7-8,11,13-14H,4-6,9-10H2,1-3H3. The van der Waals surface area contributed by atoms with E-state index in [1.165, 1.54) is 0 Å². The Hall–Kier alpha value is -1.49. The maximum atomic E-state index is 13.5. The highest BCUT2D eigenvalue weighted by atomic mass is 19.3. The molecule has 1 saturated heterocycles. The van der Waals surface area contributed by atoms with E-state index < -0.39 is 5.92 Å². The summed E-state index contributed by atoms with van der Waals surface area (Å²) in [5, 5.41) is 1.82. The van der Waals surface area contributed by atoms with Crippen LogP contribution in [0.5, 0.6) is 0 Å². The molecule has 1 saturated carbocycles. The van der Waals surface area contributed by atoms with Crippen LogP contribution in [0.25, 0.3) is 12.2 Å². The summed E-state index contributed by atoms with van der Waals surface area (Å²) in [6, 6.07) is 0.191. The first-order valence-corrected chi connectivity index (χ1v) is 8.85. The highest BCUT2D eigenvalue weighted by Gasteiger charge is 2.39. The summed E-state index contributed by atoms with van der Waals surface area (Å²) in [6.45, 7) is 6.63. The normalized spacial score (nSPS) is 27.4. The van der Waals surface area contributed by atoms with E-state index in [2.05, 4.69) is 30.6 Å². The molecule has 1 aromatic rings. The number of fused-ring (bicyclic) bond motifs is 2. The summed E-state index contributed by atoms with van der Waals surface area (Å²) < 4.78 is 29.3. The van der Waals surface area contributed by atoms with Crippen molar-refractivity contribution in [3.8, 4) is 0 Å².